The van der Waals surface area contributed by atoms with Crippen molar-refractivity contribution in [3.63, 3.8) is 0 Å². The van der Waals surface area contributed by atoms with Crippen molar-refractivity contribution in [2.45, 2.75) is 6.61 Å². The van der Waals surface area contributed by atoms with E-state index in [2.05, 4.69) is 19.8 Å². The van der Waals surface area contributed by atoms with Crippen LogP contribution in [-0.2, 0) is 11.4 Å². The Morgan fingerprint density at radius 3 is 2.77 bits per heavy atom. The van der Waals surface area contributed by atoms with Crippen molar-refractivity contribution in [3.05, 3.63) is 30.2 Å². The lowest BCUT2D eigenvalue weighted by Crippen LogP contribution is -2.01. The Morgan fingerprint density at radius 1 is 1.15 bits per heavy atom. The molecule has 0 aliphatic rings. The van der Waals surface area contributed by atoms with Crippen molar-refractivity contribution in [3.8, 4) is 0 Å². The van der Waals surface area contributed by atoms with E-state index in [0.717, 1.165) is 11.1 Å². The van der Waals surface area contributed by atoms with E-state index < -0.39 is 0 Å². The molecule has 5 heteroatoms. The van der Waals surface area contributed by atoms with Gasteiger partial charge in [0.15, 0.2) is 5.65 Å². The number of nitrogens with zero attached hydrogens (tertiary/aromatic N) is 3. The maximum absolute atomic E-state index is 4.98. The van der Waals surface area contributed by atoms with Crippen LogP contribution >= 0.6 is 0 Å². The Kier molecular flexibility index (Phi) is 2.11. The molecule has 0 spiro atoms. The molecular formula is C8H8N4O. The Balaban J connectivity index is 2.61. The minimum Gasteiger partial charge on any atom is -0.300 e. The predicted molar refractivity (Wildman–Crippen MR) is 46.3 cm³/mol. The average Bonchev–Trinajstić information content (AvgIpc) is 2.19. The molecule has 0 aromatic carbocycles. The molecule has 0 atom stereocenters. The van der Waals surface area contributed by atoms with Gasteiger partial charge in [0.2, 0.25) is 0 Å². The van der Waals surface area contributed by atoms with Crippen molar-refractivity contribution >= 4 is 11.2 Å². The second kappa shape index (κ2) is 3.42. The van der Waals surface area contributed by atoms with Crippen LogP contribution in [-0.4, -0.2) is 15.0 Å². The molecule has 5 nitrogen and oxygen atoms in total. The number of pyridine rings is 1. The largest absolute Gasteiger partial charge is 0.300 e. The maximum atomic E-state index is 4.98. The molecule has 2 heterocycles. The van der Waals surface area contributed by atoms with Crippen LogP contribution in [0.5, 0.6) is 0 Å². The second-order valence-corrected chi connectivity index (χ2v) is 2.51. The first kappa shape index (κ1) is 8.03. The molecule has 66 valence electrons. The summed E-state index contributed by atoms with van der Waals surface area (Å²) in [5, 5.41) is 0. The summed E-state index contributed by atoms with van der Waals surface area (Å²) in [6.45, 7) is 0.317. The molecule has 0 aliphatic heterocycles. The molecule has 0 saturated carbocycles. The average molecular weight is 176 g/mol. The summed E-state index contributed by atoms with van der Waals surface area (Å²) in [6, 6.07) is 1.81. The number of nitrogens with two attached hydrogens (primary N) is 1. The van der Waals surface area contributed by atoms with Gasteiger partial charge in [-0.3, -0.25) is 9.82 Å². The van der Waals surface area contributed by atoms with Gasteiger partial charge in [0.25, 0.3) is 0 Å². The molecule has 0 radical (unpaired) electrons. The third-order valence-corrected chi connectivity index (χ3v) is 1.69. The number of aromatic nitrogens is 3. The van der Waals surface area contributed by atoms with E-state index in [9.17, 15) is 0 Å². The lowest BCUT2D eigenvalue weighted by atomic mass is 10.2. The van der Waals surface area contributed by atoms with Gasteiger partial charge in [0, 0.05) is 24.2 Å². The lowest BCUT2D eigenvalue weighted by Gasteiger charge is -2.01. The zero-order valence-electron chi connectivity index (χ0n) is 6.84. The van der Waals surface area contributed by atoms with Crippen molar-refractivity contribution in [2.75, 3.05) is 0 Å². The van der Waals surface area contributed by atoms with Crippen molar-refractivity contribution < 1.29 is 4.84 Å². The highest BCUT2D eigenvalue weighted by molar-refractivity contribution is 5.72. The summed E-state index contributed by atoms with van der Waals surface area (Å²) < 4.78 is 0. The Bertz CT molecular complexity index is 412. The van der Waals surface area contributed by atoms with E-state index >= 15 is 0 Å². The van der Waals surface area contributed by atoms with Gasteiger partial charge in [0.05, 0.1) is 6.61 Å². The summed E-state index contributed by atoms with van der Waals surface area (Å²) in [7, 11) is 0. The number of hydrogen-bond acceptors (Lipinski definition) is 5. The quantitative estimate of drug-likeness (QED) is 0.671. The zero-order valence-corrected chi connectivity index (χ0v) is 6.84. The Morgan fingerprint density at radius 2 is 1.92 bits per heavy atom. The molecule has 2 rings (SSSR count). The normalized spacial score (nSPS) is 10.5. The third kappa shape index (κ3) is 1.47. The topological polar surface area (TPSA) is 73.9 Å². The molecule has 0 aliphatic carbocycles. The molecule has 0 bridgehead atoms. The van der Waals surface area contributed by atoms with Crippen LogP contribution in [0.1, 0.15) is 5.56 Å². The van der Waals surface area contributed by atoms with Crippen LogP contribution in [0.15, 0.2) is 24.7 Å². The molecule has 0 saturated heterocycles. The fourth-order valence-corrected chi connectivity index (χ4v) is 1.13. The minimum absolute atomic E-state index is 0.317. The van der Waals surface area contributed by atoms with Gasteiger partial charge in [-0.2, -0.15) is 0 Å². The van der Waals surface area contributed by atoms with Gasteiger partial charge in [-0.1, -0.05) is 0 Å². The number of hydrogen-bond donors (Lipinski definition) is 1. The van der Waals surface area contributed by atoms with E-state index in [1.165, 1.54) is 0 Å². The minimum atomic E-state index is 0.317. The summed E-state index contributed by atoms with van der Waals surface area (Å²) in [5.41, 5.74) is 2.23. The van der Waals surface area contributed by atoms with E-state index in [-0.39, 0.29) is 0 Å². The molecule has 2 aromatic rings. The smallest absolute Gasteiger partial charge is 0.178 e. The highest BCUT2D eigenvalue weighted by atomic mass is 16.6. The van der Waals surface area contributed by atoms with Crippen LogP contribution in [0, 0.1) is 0 Å². The SMILES string of the molecule is NOCc1ccnc2nccnc12. The first-order valence-electron chi connectivity index (χ1n) is 3.78. The summed E-state index contributed by atoms with van der Waals surface area (Å²) >= 11 is 0. The summed E-state index contributed by atoms with van der Waals surface area (Å²) in [5.74, 6) is 4.98. The molecule has 2 N–H and O–H groups in total. The van der Waals surface area contributed by atoms with Crippen LogP contribution < -0.4 is 5.90 Å². The highest BCUT2D eigenvalue weighted by Gasteiger charge is 2.02. The van der Waals surface area contributed by atoms with Gasteiger partial charge in [0.1, 0.15) is 5.52 Å². The highest BCUT2D eigenvalue weighted by Crippen LogP contribution is 2.11. The van der Waals surface area contributed by atoms with Crippen LogP contribution in [0.4, 0.5) is 0 Å². The van der Waals surface area contributed by atoms with Crippen LogP contribution in [0.2, 0.25) is 0 Å². The van der Waals surface area contributed by atoms with Crippen molar-refractivity contribution in [1.82, 2.24) is 15.0 Å². The lowest BCUT2D eigenvalue weighted by molar-refractivity contribution is 0.125. The van der Waals surface area contributed by atoms with Gasteiger partial charge >= 0.3 is 0 Å². The fourth-order valence-electron chi connectivity index (χ4n) is 1.13. The third-order valence-electron chi connectivity index (χ3n) is 1.69. The van der Waals surface area contributed by atoms with Gasteiger partial charge in [-0.25, -0.2) is 15.9 Å². The zero-order chi connectivity index (χ0) is 9.10. The van der Waals surface area contributed by atoms with Crippen LogP contribution in [0.3, 0.4) is 0 Å². The van der Waals surface area contributed by atoms with Crippen LogP contribution in [0.25, 0.3) is 11.2 Å². The van der Waals surface area contributed by atoms with E-state index in [4.69, 9.17) is 5.90 Å². The first-order chi connectivity index (χ1) is 6.42. The standard InChI is InChI=1S/C8H8N4O/c9-13-5-6-1-2-11-8-7(6)10-3-4-12-8/h1-4H,5,9H2. The number of fused-ring (bicyclic) bond motifs is 1. The van der Waals surface area contributed by atoms with Gasteiger partial charge < -0.3 is 0 Å². The second-order valence-electron chi connectivity index (χ2n) is 2.51. The molecule has 0 fully saturated rings. The molecule has 2 aromatic heterocycles. The number of rotatable bonds is 2. The summed E-state index contributed by atoms with van der Waals surface area (Å²) in [6.07, 6.45) is 4.87. The maximum Gasteiger partial charge on any atom is 0.178 e. The Labute approximate surface area is 74.5 Å². The fraction of sp³-hybridized carbons (Fsp3) is 0.125. The van der Waals surface area contributed by atoms with Gasteiger partial charge in [-0.05, 0) is 6.07 Å². The molecular weight excluding hydrogens is 168 g/mol. The Hall–Kier alpha value is -1.59. The van der Waals surface area contributed by atoms with E-state index in [1.54, 1.807) is 18.6 Å². The first-order valence-corrected chi connectivity index (χ1v) is 3.78. The predicted octanol–water partition coefficient (Wildman–Crippen LogP) is 0.415. The van der Waals surface area contributed by atoms with Crippen molar-refractivity contribution in [2.24, 2.45) is 5.90 Å². The molecule has 0 amide bonds. The van der Waals surface area contributed by atoms with E-state index in [1.807, 2.05) is 6.07 Å². The van der Waals surface area contributed by atoms with Gasteiger partial charge in [-0.15, -0.1) is 0 Å². The molecule has 13 heavy (non-hydrogen) atoms. The summed E-state index contributed by atoms with van der Waals surface area (Å²) in [4.78, 5) is 16.8. The molecule has 0 unspecified atom stereocenters. The monoisotopic (exact) mass is 176 g/mol. The van der Waals surface area contributed by atoms with E-state index in [0.29, 0.717) is 12.3 Å². The van der Waals surface area contributed by atoms with Crippen molar-refractivity contribution in [1.29, 1.82) is 0 Å².